The third kappa shape index (κ3) is 26.5. The van der Waals surface area contributed by atoms with E-state index in [0.717, 1.165) is 25.7 Å². The molecule has 0 saturated carbocycles. The SMILES string of the molecule is O=C(O)OCCCCCCCCCCCCCCCCCCCCCCOC(=O)O. The third-order valence-electron chi connectivity index (χ3n) is 5.49. The highest BCUT2D eigenvalue weighted by Crippen LogP contribution is 2.14. The Morgan fingerprint density at radius 2 is 0.533 bits per heavy atom. The molecule has 0 aliphatic rings. The summed E-state index contributed by atoms with van der Waals surface area (Å²) < 4.78 is 8.98. The lowest BCUT2D eigenvalue weighted by Crippen LogP contribution is -2.01. The summed E-state index contributed by atoms with van der Waals surface area (Å²) in [4.78, 5) is 20.4. The summed E-state index contributed by atoms with van der Waals surface area (Å²) in [6.45, 7) is 0.673. The standard InChI is InChI=1S/C24H46O6/c25-23(26)29-21-19-17-15-13-11-9-7-5-3-1-2-4-6-8-10-12-14-16-18-20-22-30-24(27)28/h1-22H2,(H,25,26)(H,27,28). The molecule has 0 aromatic heterocycles. The van der Waals surface area contributed by atoms with Crippen molar-refractivity contribution in [1.29, 1.82) is 0 Å². The monoisotopic (exact) mass is 430 g/mol. The van der Waals surface area contributed by atoms with Crippen LogP contribution in [-0.4, -0.2) is 35.7 Å². The van der Waals surface area contributed by atoms with E-state index in [1.807, 2.05) is 0 Å². The van der Waals surface area contributed by atoms with Gasteiger partial charge in [0, 0.05) is 0 Å². The van der Waals surface area contributed by atoms with Crippen LogP contribution in [0.4, 0.5) is 9.59 Å². The van der Waals surface area contributed by atoms with E-state index >= 15 is 0 Å². The molecule has 0 amide bonds. The lowest BCUT2D eigenvalue weighted by molar-refractivity contribution is 0.0887. The molecule has 6 nitrogen and oxygen atoms in total. The molecule has 0 unspecified atom stereocenters. The van der Waals surface area contributed by atoms with Crippen molar-refractivity contribution in [2.75, 3.05) is 13.2 Å². The maximum atomic E-state index is 10.2. The molecule has 0 aromatic carbocycles. The van der Waals surface area contributed by atoms with Crippen molar-refractivity contribution < 1.29 is 29.3 Å². The van der Waals surface area contributed by atoms with Gasteiger partial charge in [-0.1, -0.05) is 116 Å². The van der Waals surface area contributed by atoms with Gasteiger partial charge in [-0.3, -0.25) is 0 Å². The second-order valence-electron chi connectivity index (χ2n) is 8.30. The first-order chi connectivity index (χ1) is 14.6. The van der Waals surface area contributed by atoms with E-state index in [0.29, 0.717) is 13.2 Å². The Morgan fingerprint density at radius 1 is 0.367 bits per heavy atom. The smallest absolute Gasteiger partial charge is 0.450 e. The van der Waals surface area contributed by atoms with Crippen LogP contribution < -0.4 is 0 Å². The first-order valence-electron chi connectivity index (χ1n) is 12.3. The number of hydrogen-bond donors (Lipinski definition) is 2. The topological polar surface area (TPSA) is 93.1 Å². The van der Waals surface area contributed by atoms with Crippen LogP contribution in [0.25, 0.3) is 0 Å². The molecule has 0 heterocycles. The van der Waals surface area contributed by atoms with Crippen LogP contribution in [0.1, 0.15) is 128 Å². The quantitative estimate of drug-likeness (QED) is 0.125. The fourth-order valence-electron chi connectivity index (χ4n) is 3.71. The van der Waals surface area contributed by atoms with E-state index in [-0.39, 0.29) is 0 Å². The Balaban J connectivity index is 3.02. The predicted octanol–water partition coefficient (Wildman–Crippen LogP) is 8.18. The summed E-state index contributed by atoms with van der Waals surface area (Å²) in [6, 6.07) is 0. The molecular formula is C24H46O6. The van der Waals surface area contributed by atoms with Gasteiger partial charge in [-0.15, -0.1) is 0 Å². The van der Waals surface area contributed by atoms with Crippen molar-refractivity contribution in [3.05, 3.63) is 0 Å². The van der Waals surface area contributed by atoms with Crippen LogP contribution in [-0.2, 0) is 9.47 Å². The van der Waals surface area contributed by atoms with Crippen LogP contribution >= 0.6 is 0 Å². The number of rotatable bonds is 23. The lowest BCUT2D eigenvalue weighted by Gasteiger charge is -2.04. The third-order valence-corrected chi connectivity index (χ3v) is 5.49. The summed E-state index contributed by atoms with van der Waals surface area (Å²) in [5.74, 6) is 0. The Bertz CT molecular complexity index is 350. The van der Waals surface area contributed by atoms with Crippen LogP contribution in [0.2, 0.25) is 0 Å². The maximum Gasteiger partial charge on any atom is 0.505 e. The molecule has 0 spiro atoms. The Kier molecular flexibility index (Phi) is 22.7. The Hall–Kier alpha value is -1.46. The molecule has 0 radical (unpaired) electrons. The molecule has 0 atom stereocenters. The van der Waals surface area contributed by atoms with Crippen molar-refractivity contribution >= 4 is 12.3 Å². The van der Waals surface area contributed by atoms with Crippen LogP contribution in [0.15, 0.2) is 0 Å². The average Bonchev–Trinajstić information content (AvgIpc) is 2.70. The molecule has 0 aliphatic carbocycles. The van der Waals surface area contributed by atoms with Crippen LogP contribution in [0, 0.1) is 0 Å². The van der Waals surface area contributed by atoms with Crippen molar-refractivity contribution in [2.24, 2.45) is 0 Å². The largest absolute Gasteiger partial charge is 0.505 e. The van der Waals surface area contributed by atoms with E-state index in [1.54, 1.807) is 0 Å². The van der Waals surface area contributed by atoms with E-state index in [2.05, 4.69) is 9.47 Å². The fraction of sp³-hybridized carbons (Fsp3) is 0.917. The summed E-state index contributed by atoms with van der Waals surface area (Å²) in [5, 5.41) is 16.7. The van der Waals surface area contributed by atoms with Gasteiger partial charge < -0.3 is 19.7 Å². The molecule has 0 rings (SSSR count). The fourth-order valence-corrected chi connectivity index (χ4v) is 3.71. The normalized spacial score (nSPS) is 10.8. The first-order valence-corrected chi connectivity index (χ1v) is 12.3. The molecule has 6 heteroatoms. The summed E-state index contributed by atoms with van der Waals surface area (Å²) in [7, 11) is 0. The number of carboxylic acid groups (broad SMARTS) is 2. The van der Waals surface area contributed by atoms with Gasteiger partial charge in [0.2, 0.25) is 0 Å². The molecular weight excluding hydrogens is 384 g/mol. The average molecular weight is 431 g/mol. The molecule has 2 N–H and O–H groups in total. The molecule has 30 heavy (non-hydrogen) atoms. The Morgan fingerprint density at radius 3 is 0.700 bits per heavy atom. The summed E-state index contributed by atoms with van der Waals surface area (Å²) in [5.41, 5.74) is 0. The molecule has 0 aliphatic heterocycles. The van der Waals surface area contributed by atoms with Gasteiger partial charge in [0.15, 0.2) is 0 Å². The van der Waals surface area contributed by atoms with Gasteiger partial charge in [0.1, 0.15) is 0 Å². The number of unbranched alkanes of at least 4 members (excludes halogenated alkanes) is 19. The van der Waals surface area contributed by atoms with E-state index < -0.39 is 12.3 Å². The lowest BCUT2D eigenvalue weighted by atomic mass is 10.0. The zero-order chi connectivity index (χ0) is 22.1. The molecule has 0 aromatic rings. The van der Waals surface area contributed by atoms with Crippen molar-refractivity contribution in [3.8, 4) is 0 Å². The molecule has 178 valence electrons. The number of hydrogen-bond acceptors (Lipinski definition) is 4. The Labute approximate surface area is 183 Å². The van der Waals surface area contributed by atoms with Gasteiger partial charge in [-0.05, 0) is 12.8 Å². The second-order valence-corrected chi connectivity index (χ2v) is 8.30. The minimum Gasteiger partial charge on any atom is -0.450 e. The van der Waals surface area contributed by atoms with Gasteiger partial charge in [0.25, 0.3) is 0 Å². The van der Waals surface area contributed by atoms with Gasteiger partial charge in [-0.25, -0.2) is 9.59 Å². The van der Waals surface area contributed by atoms with Gasteiger partial charge in [0.05, 0.1) is 13.2 Å². The van der Waals surface area contributed by atoms with Crippen LogP contribution in [0.3, 0.4) is 0 Å². The molecule has 0 bridgehead atoms. The van der Waals surface area contributed by atoms with Crippen molar-refractivity contribution in [3.63, 3.8) is 0 Å². The van der Waals surface area contributed by atoms with Gasteiger partial charge >= 0.3 is 12.3 Å². The van der Waals surface area contributed by atoms with E-state index in [4.69, 9.17) is 10.2 Å². The maximum absolute atomic E-state index is 10.2. The molecule has 0 fully saturated rings. The predicted molar refractivity (Wildman–Crippen MR) is 120 cm³/mol. The number of carbonyl (C=O) groups is 2. The highest BCUT2D eigenvalue weighted by atomic mass is 16.7. The summed E-state index contributed by atoms with van der Waals surface area (Å²) >= 11 is 0. The zero-order valence-electron chi connectivity index (χ0n) is 19.1. The zero-order valence-corrected chi connectivity index (χ0v) is 19.1. The van der Waals surface area contributed by atoms with Gasteiger partial charge in [-0.2, -0.15) is 0 Å². The second kappa shape index (κ2) is 23.8. The van der Waals surface area contributed by atoms with E-state index in [9.17, 15) is 9.59 Å². The highest BCUT2D eigenvalue weighted by molar-refractivity contribution is 5.56. The van der Waals surface area contributed by atoms with Crippen molar-refractivity contribution in [2.45, 2.75) is 128 Å². The summed E-state index contributed by atoms with van der Waals surface area (Å²) in [6.07, 6.45) is 22.6. The van der Waals surface area contributed by atoms with Crippen LogP contribution in [0.5, 0.6) is 0 Å². The van der Waals surface area contributed by atoms with Crippen molar-refractivity contribution in [1.82, 2.24) is 0 Å². The molecule has 0 saturated heterocycles. The van der Waals surface area contributed by atoms with E-state index in [1.165, 1.54) is 103 Å². The minimum absolute atomic E-state index is 0.336. The highest BCUT2D eigenvalue weighted by Gasteiger charge is 1.98. The number of ether oxygens (including phenoxy) is 2. The first kappa shape index (κ1) is 28.5. The minimum atomic E-state index is -1.17.